The van der Waals surface area contributed by atoms with E-state index in [0.717, 1.165) is 5.56 Å². The number of rotatable bonds is 4. The number of nitrogens with zero attached hydrogens (tertiary/aromatic N) is 1. The van der Waals surface area contributed by atoms with Crippen LogP contribution in [-0.4, -0.2) is 18.0 Å². The zero-order chi connectivity index (χ0) is 17.5. The van der Waals surface area contributed by atoms with Crippen LogP contribution >= 0.6 is 0 Å². The first-order valence-corrected chi connectivity index (χ1v) is 7.46. The summed E-state index contributed by atoms with van der Waals surface area (Å²) in [5, 5.41) is 5.90. The van der Waals surface area contributed by atoms with Crippen LogP contribution in [0.1, 0.15) is 30.9 Å². The number of carbonyl (C=O) groups is 2. The maximum Gasteiger partial charge on any atom is 0.329 e. The Balaban J connectivity index is 1.90. The summed E-state index contributed by atoms with van der Waals surface area (Å²) in [5.41, 5.74) is 4.02. The van der Waals surface area contributed by atoms with Crippen molar-refractivity contribution in [3.63, 3.8) is 0 Å². The average molecular weight is 327 g/mol. The Bertz CT molecular complexity index is 755. The lowest BCUT2D eigenvalue weighted by Crippen LogP contribution is -2.32. The average Bonchev–Trinajstić information content (AvgIpc) is 2.57. The van der Waals surface area contributed by atoms with Crippen LogP contribution in [0.4, 0.5) is 10.1 Å². The maximum absolute atomic E-state index is 13.4. The lowest BCUT2D eigenvalue weighted by Gasteiger charge is -2.05. The zero-order valence-corrected chi connectivity index (χ0v) is 13.4. The van der Waals surface area contributed by atoms with E-state index >= 15 is 0 Å². The molecule has 0 spiro atoms. The number of carbonyl (C=O) groups excluding carboxylic acids is 2. The standard InChI is InChI=1S/C18H18FN3O2/c1-12(2)14-9-7-13(8-10-14)11-20-22-18(24)17(23)21-16-6-4-3-5-15(16)19/h3-12H,1-2H3,(H,21,23)(H,22,24)/b20-11-. The van der Waals surface area contributed by atoms with Gasteiger partial charge in [0, 0.05) is 0 Å². The van der Waals surface area contributed by atoms with Crippen LogP contribution in [0.2, 0.25) is 0 Å². The third-order valence-corrected chi connectivity index (χ3v) is 3.31. The molecule has 6 heteroatoms. The molecule has 2 N–H and O–H groups in total. The number of benzene rings is 2. The Kier molecular flexibility index (Phi) is 5.78. The summed E-state index contributed by atoms with van der Waals surface area (Å²) in [5.74, 6) is -2.16. The fourth-order valence-electron chi connectivity index (χ4n) is 1.92. The minimum Gasteiger partial charge on any atom is -0.315 e. The lowest BCUT2D eigenvalue weighted by atomic mass is 10.0. The van der Waals surface area contributed by atoms with Crippen molar-refractivity contribution in [2.75, 3.05) is 5.32 Å². The van der Waals surface area contributed by atoms with E-state index < -0.39 is 17.6 Å². The molecule has 0 unspecified atom stereocenters. The molecule has 0 aliphatic rings. The Labute approximate surface area is 139 Å². The van der Waals surface area contributed by atoms with Gasteiger partial charge in [-0.25, -0.2) is 9.82 Å². The van der Waals surface area contributed by atoms with E-state index in [2.05, 4.69) is 29.7 Å². The smallest absolute Gasteiger partial charge is 0.315 e. The van der Waals surface area contributed by atoms with Crippen LogP contribution in [0.5, 0.6) is 0 Å². The first kappa shape index (κ1) is 17.3. The SMILES string of the molecule is CC(C)c1ccc(/C=N\NC(=O)C(=O)Nc2ccccc2F)cc1. The topological polar surface area (TPSA) is 70.6 Å². The number of para-hydroxylation sites is 1. The van der Waals surface area contributed by atoms with E-state index in [1.165, 1.54) is 30.0 Å². The summed E-state index contributed by atoms with van der Waals surface area (Å²) in [7, 11) is 0. The highest BCUT2D eigenvalue weighted by molar-refractivity contribution is 6.39. The summed E-state index contributed by atoms with van der Waals surface area (Å²) >= 11 is 0. The maximum atomic E-state index is 13.4. The number of hydrazone groups is 1. The van der Waals surface area contributed by atoms with Crippen LogP contribution in [0, 0.1) is 5.82 Å². The molecule has 0 atom stereocenters. The molecule has 2 rings (SSSR count). The first-order valence-electron chi connectivity index (χ1n) is 7.46. The molecule has 0 aromatic heterocycles. The summed E-state index contributed by atoms with van der Waals surface area (Å²) < 4.78 is 13.4. The van der Waals surface area contributed by atoms with Crippen molar-refractivity contribution >= 4 is 23.7 Å². The van der Waals surface area contributed by atoms with Crippen LogP contribution < -0.4 is 10.7 Å². The molecule has 0 saturated heterocycles. The summed E-state index contributed by atoms with van der Waals surface area (Å²) in [4.78, 5) is 23.3. The number of hydrogen-bond acceptors (Lipinski definition) is 3. The molecule has 0 saturated carbocycles. The second-order valence-electron chi connectivity index (χ2n) is 5.45. The van der Waals surface area contributed by atoms with Gasteiger partial charge in [-0.3, -0.25) is 9.59 Å². The predicted molar refractivity (Wildman–Crippen MR) is 91.3 cm³/mol. The highest BCUT2D eigenvalue weighted by Crippen LogP contribution is 2.14. The van der Waals surface area contributed by atoms with Gasteiger partial charge in [-0.05, 0) is 29.2 Å². The second kappa shape index (κ2) is 8.01. The van der Waals surface area contributed by atoms with Gasteiger partial charge in [-0.2, -0.15) is 5.10 Å². The van der Waals surface area contributed by atoms with Crippen LogP contribution in [0.25, 0.3) is 0 Å². The molecule has 0 bridgehead atoms. The van der Waals surface area contributed by atoms with Gasteiger partial charge in [-0.15, -0.1) is 0 Å². The van der Waals surface area contributed by atoms with Crippen molar-refractivity contribution < 1.29 is 14.0 Å². The number of nitrogens with one attached hydrogen (secondary N) is 2. The largest absolute Gasteiger partial charge is 0.329 e. The van der Waals surface area contributed by atoms with Gasteiger partial charge in [0.05, 0.1) is 11.9 Å². The van der Waals surface area contributed by atoms with Crippen LogP contribution in [-0.2, 0) is 9.59 Å². The molecule has 5 nitrogen and oxygen atoms in total. The van der Waals surface area contributed by atoms with Crippen LogP contribution in [0.3, 0.4) is 0 Å². The summed E-state index contributed by atoms with van der Waals surface area (Å²) in [6, 6.07) is 13.3. The van der Waals surface area contributed by atoms with Crippen LogP contribution in [0.15, 0.2) is 53.6 Å². The van der Waals surface area contributed by atoms with Gasteiger partial charge >= 0.3 is 11.8 Å². The number of hydrogen-bond donors (Lipinski definition) is 2. The molecule has 2 aromatic carbocycles. The van der Waals surface area contributed by atoms with Gasteiger partial charge < -0.3 is 5.32 Å². The first-order chi connectivity index (χ1) is 11.5. The van der Waals surface area contributed by atoms with Crippen molar-refractivity contribution in [3.05, 3.63) is 65.5 Å². The van der Waals surface area contributed by atoms with E-state index in [1.54, 1.807) is 6.07 Å². The van der Waals surface area contributed by atoms with E-state index in [-0.39, 0.29) is 5.69 Å². The van der Waals surface area contributed by atoms with E-state index in [1.807, 2.05) is 24.3 Å². The molecular weight excluding hydrogens is 309 g/mol. The molecule has 0 fully saturated rings. The second-order valence-corrected chi connectivity index (χ2v) is 5.45. The van der Waals surface area contributed by atoms with Gasteiger partial charge in [0.25, 0.3) is 0 Å². The highest BCUT2D eigenvalue weighted by atomic mass is 19.1. The van der Waals surface area contributed by atoms with Crippen molar-refractivity contribution in [2.24, 2.45) is 5.10 Å². The molecule has 0 radical (unpaired) electrons. The van der Waals surface area contributed by atoms with E-state index in [0.29, 0.717) is 5.92 Å². The third kappa shape index (κ3) is 4.74. The van der Waals surface area contributed by atoms with Gasteiger partial charge in [0.15, 0.2) is 0 Å². The van der Waals surface area contributed by atoms with Crippen molar-refractivity contribution in [2.45, 2.75) is 19.8 Å². The zero-order valence-electron chi connectivity index (χ0n) is 13.4. The summed E-state index contributed by atoms with van der Waals surface area (Å²) in [6.45, 7) is 4.19. The normalized spacial score (nSPS) is 10.8. The minimum absolute atomic E-state index is 0.0640. The molecular formula is C18H18FN3O2. The molecule has 2 amide bonds. The van der Waals surface area contributed by atoms with E-state index in [9.17, 15) is 14.0 Å². The highest BCUT2D eigenvalue weighted by Gasteiger charge is 2.14. The van der Waals surface area contributed by atoms with Gasteiger partial charge in [-0.1, -0.05) is 50.2 Å². The predicted octanol–water partition coefficient (Wildman–Crippen LogP) is 3.04. The Morgan fingerprint density at radius 1 is 1.04 bits per heavy atom. The fourth-order valence-corrected chi connectivity index (χ4v) is 1.92. The van der Waals surface area contributed by atoms with Crippen molar-refractivity contribution in [3.8, 4) is 0 Å². The van der Waals surface area contributed by atoms with Gasteiger partial charge in [0.1, 0.15) is 5.82 Å². The van der Waals surface area contributed by atoms with Crippen molar-refractivity contribution in [1.82, 2.24) is 5.43 Å². The minimum atomic E-state index is -0.993. The molecule has 0 aliphatic carbocycles. The van der Waals surface area contributed by atoms with E-state index in [4.69, 9.17) is 0 Å². The Hall–Kier alpha value is -3.02. The number of halogens is 1. The molecule has 124 valence electrons. The Morgan fingerprint density at radius 2 is 1.71 bits per heavy atom. The lowest BCUT2D eigenvalue weighted by molar-refractivity contribution is -0.136. The third-order valence-electron chi connectivity index (χ3n) is 3.31. The molecule has 2 aromatic rings. The quantitative estimate of drug-likeness (QED) is 0.515. The molecule has 0 aliphatic heterocycles. The van der Waals surface area contributed by atoms with Crippen molar-refractivity contribution in [1.29, 1.82) is 0 Å². The molecule has 24 heavy (non-hydrogen) atoms. The fraction of sp³-hybridized carbons (Fsp3) is 0.167. The monoisotopic (exact) mass is 327 g/mol. The number of amides is 2. The number of anilines is 1. The van der Waals surface area contributed by atoms with Gasteiger partial charge in [0.2, 0.25) is 0 Å². The Morgan fingerprint density at radius 3 is 2.33 bits per heavy atom. The molecule has 0 heterocycles. The summed E-state index contributed by atoms with van der Waals surface area (Å²) in [6.07, 6.45) is 1.43.